The summed E-state index contributed by atoms with van der Waals surface area (Å²) in [4.78, 5) is 25.6. The predicted molar refractivity (Wildman–Crippen MR) is 142 cm³/mol. The first-order chi connectivity index (χ1) is 17.4. The van der Waals surface area contributed by atoms with Gasteiger partial charge in [0.1, 0.15) is 5.75 Å². The van der Waals surface area contributed by atoms with E-state index in [0.29, 0.717) is 23.5 Å². The first-order valence-corrected chi connectivity index (χ1v) is 13.0. The maximum Gasteiger partial charge on any atom is 0.342 e. The van der Waals surface area contributed by atoms with Gasteiger partial charge in [-0.1, -0.05) is 56.5 Å². The van der Waals surface area contributed by atoms with Crippen molar-refractivity contribution >= 4 is 17.6 Å². The quantitative estimate of drug-likeness (QED) is 0.344. The molecule has 0 bridgehead atoms. The fourth-order valence-electron chi connectivity index (χ4n) is 5.01. The van der Waals surface area contributed by atoms with Crippen LogP contribution in [0.4, 0.5) is 10.5 Å². The zero-order valence-corrected chi connectivity index (χ0v) is 21.4. The lowest BCUT2D eigenvalue weighted by molar-refractivity contribution is -0.120. The third kappa shape index (κ3) is 5.78. The Kier molecular flexibility index (Phi) is 8.08. The van der Waals surface area contributed by atoms with Crippen LogP contribution >= 0.6 is 0 Å². The van der Waals surface area contributed by atoms with Crippen LogP contribution < -0.4 is 10.6 Å². The SMILES string of the molecule is CCC(CC)C(=O)Nc1ccc(-c2cc(C3CCCC3)n(C(=O)NCc3cccc(C)c3)n2)c(O)c1. The fourth-order valence-corrected chi connectivity index (χ4v) is 5.01. The van der Waals surface area contributed by atoms with E-state index in [9.17, 15) is 14.7 Å². The number of aryl methyl sites for hydroxylation is 1. The molecule has 1 fully saturated rings. The van der Waals surface area contributed by atoms with Crippen molar-refractivity contribution in [3.63, 3.8) is 0 Å². The molecule has 4 rings (SSSR count). The standard InChI is InChI=1S/C29H36N4O3/c1-4-21(5-2)28(35)31-23-13-14-24(27(34)16-23)25-17-26(22-11-6-7-12-22)33(32-25)29(36)30-18-20-10-8-9-19(3)15-20/h8-10,13-17,21-22,34H,4-7,11-12,18H2,1-3H3,(H,30,36)(H,31,35). The molecule has 3 N–H and O–H groups in total. The van der Waals surface area contributed by atoms with Gasteiger partial charge >= 0.3 is 6.03 Å². The largest absolute Gasteiger partial charge is 0.507 e. The summed E-state index contributed by atoms with van der Waals surface area (Å²) in [6.07, 6.45) is 5.82. The second kappa shape index (κ2) is 11.4. The van der Waals surface area contributed by atoms with Crippen molar-refractivity contribution in [2.45, 2.75) is 71.8 Å². The zero-order chi connectivity index (χ0) is 25.7. The molecule has 0 saturated heterocycles. The highest BCUT2D eigenvalue weighted by Crippen LogP contribution is 2.38. The normalized spacial score (nSPS) is 13.8. The number of hydrogen-bond donors (Lipinski definition) is 3. The zero-order valence-electron chi connectivity index (χ0n) is 21.4. The van der Waals surface area contributed by atoms with Crippen LogP contribution in [-0.2, 0) is 11.3 Å². The van der Waals surface area contributed by atoms with Crippen LogP contribution in [0, 0.1) is 12.8 Å². The van der Waals surface area contributed by atoms with E-state index in [0.717, 1.165) is 55.3 Å². The highest BCUT2D eigenvalue weighted by molar-refractivity contribution is 5.93. The van der Waals surface area contributed by atoms with Crippen molar-refractivity contribution in [3.8, 4) is 17.0 Å². The molecule has 0 spiro atoms. The maximum absolute atomic E-state index is 13.2. The van der Waals surface area contributed by atoms with E-state index in [1.807, 2.05) is 51.1 Å². The van der Waals surface area contributed by atoms with Crippen LogP contribution in [0.3, 0.4) is 0 Å². The Bertz CT molecular complexity index is 1220. The van der Waals surface area contributed by atoms with Crippen molar-refractivity contribution in [3.05, 3.63) is 65.4 Å². The first-order valence-electron chi connectivity index (χ1n) is 13.0. The van der Waals surface area contributed by atoms with Crippen molar-refractivity contribution in [2.24, 2.45) is 5.92 Å². The van der Waals surface area contributed by atoms with E-state index in [1.54, 1.807) is 18.2 Å². The minimum Gasteiger partial charge on any atom is -0.507 e. The molecule has 0 unspecified atom stereocenters. The van der Waals surface area contributed by atoms with Crippen LogP contribution in [0.15, 0.2) is 48.5 Å². The first kappa shape index (κ1) is 25.5. The number of carbonyl (C=O) groups excluding carboxylic acids is 2. The van der Waals surface area contributed by atoms with Gasteiger partial charge in [-0.25, -0.2) is 4.79 Å². The highest BCUT2D eigenvalue weighted by atomic mass is 16.3. The molecule has 2 amide bonds. The minimum atomic E-state index is -0.279. The van der Waals surface area contributed by atoms with Crippen LogP contribution in [0.25, 0.3) is 11.3 Å². The summed E-state index contributed by atoms with van der Waals surface area (Å²) in [7, 11) is 0. The Morgan fingerprint density at radius 1 is 1.08 bits per heavy atom. The molecular formula is C29H36N4O3. The number of nitrogens with zero attached hydrogens (tertiary/aromatic N) is 2. The van der Waals surface area contributed by atoms with Gasteiger partial charge in [-0.2, -0.15) is 9.78 Å². The van der Waals surface area contributed by atoms with Gasteiger partial charge in [0.15, 0.2) is 0 Å². The molecule has 7 nitrogen and oxygen atoms in total. The summed E-state index contributed by atoms with van der Waals surface area (Å²) < 4.78 is 1.46. The summed E-state index contributed by atoms with van der Waals surface area (Å²) in [5.41, 5.74) is 4.65. The van der Waals surface area contributed by atoms with E-state index in [-0.39, 0.29) is 29.5 Å². The van der Waals surface area contributed by atoms with Crippen LogP contribution in [0.2, 0.25) is 0 Å². The molecule has 3 aromatic rings. The number of anilines is 1. The Labute approximate surface area is 212 Å². The molecule has 7 heteroatoms. The summed E-state index contributed by atoms with van der Waals surface area (Å²) >= 11 is 0. The molecule has 1 saturated carbocycles. The van der Waals surface area contributed by atoms with Crippen molar-refractivity contribution in [1.29, 1.82) is 0 Å². The lowest BCUT2D eigenvalue weighted by atomic mass is 10.0. The summed E-state index contributed by atoms with van der Waals surface area (Å²) in [5, 5.41) is 21.3. The highest BCUT2D eigenvalue weighted by Gasteiger charge is 2.26. The Morgan fingerprint density at radius 2 is 1.83 bits per heavy atom. The molecule has 190 valence electrons. The van der Waals surface area contributed by atoms with E-state index in [4.69, 9.17) is 0 Å². The van der Waals surface area contributed by atoms with Gasteiger partial charge < -0.3 is 15.7 Å². The van der Waals surface area contributed by atoms with Crippen LogP contribution in [0.1, 0.15) is 75.1 Å². The molecule has 2 aromatic carbocycles. The van der Waals surface area contributed by atoms with Crippen LogP contribution in [-0.4, -0.2) is 26.8 Å². The van der Waals surface area contributed by atoms with Gasteiger partial charge in [-0.3, -0.25) is 4.79 Å². The molecule has 0 aliphatic heterocycles. The Morgan fingerprint density at radius 3 is 2.50 bits per heavy atom. The number of aromatic nitrogens is 2. The molecule has 1 aliphatic rings. The molecule has 1 heterocycles. The van der Waals surface area contributed by atoms with E-state index >= 15 is 0 Å². The molecule has 0 atom stereocenters. The van der Waals surface area contributed by atoms with E-state index in [2.05, 4.69) is 15.7 Å². The number of carbonyl (C=O) groups is 2. The van der Waals surface area contributed by atoms with Gasteiger partial charge in [-0.15, -0.1) is 0 Å². The second-order valence-corrected chi connectivity index (χ2v) is 9.73. The van der Waals surface area contributed by atoms with Gasteiger partial charge in [0.05, 0.1) is 11.4 Å². The molecular weight excluding hydrogens is 452 g/mol. The minimum absolute atomic E-state index is 0.0140. The number of rotatable bonds is 8. The third-order valence-corrected chi connectivity index (χ3v) is 7.13. The number of nitrogens with one attached hydrogen (secondary N) is 2. The lowest BCUT2D eigenvalue weighted by Gasteiger charge is -2.13. The average Bonchev–Trinajstić information content (AvgIpc) is 3.54. The predicted octanol–water partition coefficient (Wildman–Crippen LogP) is 6.35. The lowest BCUT2D eigenvalue weighted by Crippen LogP contribution is -2.30. The number of aromatic hydroxyl groups is 1. The van der Waals surface area contributed by atoms with Gasteiger partial charge in [0.25, 0.3) is 0 Å². The number of amides is 2. The molecule has 0 radical (unpaired) electrons. The van der Waals surface area contributed by atoms with Gasteiger partial charge in [-0.05, 0) is 56.4 Å². The fraction of sp³-hybridized carbons (Fsp3) is 0.414. The smallest absolute Gasteiger partial charge is 0.342 e. The Hall–Kier alpha value is -3.61. The summed E-state index contributed by atoms with van der Waals surface area (Å²) in [6, 6.07) is 14.7. The topological polar surface area (TPSA) is 96.3 Å². The van der Waals surface area contributed by atoms with E-state index < -0.39 is 0 Å². The van der Waals surface area contributed by atoms with Crippen molar-refractivity contribution in [2.75, 3.05) is 5.32 Å². The Balaban J connectivity index is 1.57. The van der Waals surface area contributed by atoms with E-state index in [1.165, 1.54) is 4.68 Å². The number of benzene rings is 2. The second-order valence-electron chi connectivity index (χ2n) is 9.73. The number of phenolic OH excluding ortho intramolecular Hbond substituents is 1. The number of phenols is 1. The van der Waals surface area contributed by atoms with Gasteiger partial charge in [0.2, 0.25) is 5.91 Å². The average molecular weight is 489 g/mol. The van der Waals surface area contributed by atoms with Crippen molar-refractivity contribution in [1.82, 2.24) is 15.1 Å². The van der Waals surface area contributed by atoms with Crippen LogP contribution in [0.5, 0.6) is 5.75 Å². The molecule has 1 aromatic heterocycles. The van der Waals surface area contributed by atoms with Gasteiger partial charge in [0, 0.05) is 35.7 Å². The summed E-state index contributed by atoms with van der Waals surface area (Å²) in [5.74, 6) is 0.164. The molecule has 36 heavy (non-hydrogen) atoms. The molecule has 1 aliphatic carbocycles. The maximum atomic E-state index is 13.2. The summed E-state index contributed by atoms with van der Waals surface area (Å²) in [6.45, 7) is 6.42. The monoisotopic (exact) mass is 488 g/mol. The van der Waals surface area contributed by atoms with Crippen molar-refractivity contribution < 1.29 is 14.7 Å². The third-order valence-electron chi connectivity index (χ3n) is 7.13. The number of hydrogen-bond acceptors (Lipinski definition) is 4.